The van der Waals surface area contributed by atoms with Crippen LogP contribution in [0.4, 0.5) is 0 Å². The third-order valence-electron chi connectivity index (χ3n) is 3.28. The van der Waals surface area contributed by atoms with Crippen molar-refractivity contribution in [3.8, 4) is 11.5 Å². The Morgan fingerprint density at radius 3 is 2.45 bits per heavy atom. The largest absolute Gasteiger partial charge is 0.497 e. The molecule has 0 fully saturated rings. The summed E-state index contributed by atoms with van der Waals surface area (Å²) in [5.74, 6) is 1.35. The highest BCUT2D eigenvalue weighted by atomic mass is 32.2. The summed E-state index contributed by atoms with van der Waals surface area (Å²) in [6, 6.07) is 12.0. The fourth-order valence-corrected chi connectivity index (χ4v) is 3.16. The van der Waals surface area contributed by atoms with Gasteiger partial charge in [-0.2, -0.15) is 0 Å². The van der Waals surface area contributed by atoms with Gasteiger partial charge in [-0.25, -0.2) is 13.1 Å². The van der Waals surface area contributed by atoms with Gasteiger partial charge in [0.05, 0.1) is 19.1 Å². The van der Waals surface area contributed by atoms with E-state index in [0.717, 1.165) is 11.1 Å². The zero-order valence-corrected chi connectivity index (χ0v) is 13.6. The van der Waals surface area contributed by atoms with Crippen LogP contribution in [0, 0.1) is 6.92 Å². The summed E-state index contributed by atoms with van der Waals surface area (Å²) in [6.45, 7) is 2.00. The van der Waals surface area contributed by atoms with Gasteiger partial charge in [-0.15, -0.1) is 0 Å². The second-order valence-electron chi connectivity index (χ2n) is 4.81. The highest BCUT2D eigenvalue weighted by molar-refractivity contribution is 7.89. The number of benzene rings is 2. The molecular weight excluding hydrogens is 302 g/mol. The molecule has 2 aromatic rings. The third-order valence-corrected chi connectivity index (χ3v) is 4.68. The van der Waals surface area contributed by atoms with Gasteiger partial charge in [0.25, 0.3) is 0 Å². The predicted octanol–water partition coefficient (Wildman–Crippen LogP) is 2.49. The molecule has 6 heteroatoms. The van der Waals surface area contributed by atoms with Crippen molar-refractivity contribution in [1.29, 1.82) is 0 Å². The number of methoxy groups -OCH3 is 2. The molecule has 0 aliphatic rings. The smallest absolute Gasteiger partial charge is 0.240 e. The van der Waals surface area contributed by atoms with E-state index >= 15 is 0 Å². The van der Waals surface area contributed by atoms with Gasteiger partial charge in [-0.3, -0.25) is 0 Å². The fraction of sp³-hybridized carbons (Fsp3) is 0.250. The van der Waals surface area contributed by atoms with Gasteiger partial charge in [0.15, 0.2) is 0 Å². The number of ether oxygens (including phenoxy) is 2. The summed E-state index contributed by atoms with van der Waals surface area (Å²) in [7, 11) is -0.446. The van der Waals surface area contributed by atoms with Gasteiger partial charge in [0.1, 0.15) is 11.5 Å². The van der Waals surface area contributed by atoms with Crippen molar-refractivity contribution in [2.75, 3.05) is 14.2 Å². The Morgan fingerprint density at radius 1 is 1.05 bits per heavy atom. The van der Waals surface area contributed by atoms with Gasteiger partial charge in [-0.05, 0) is 48.4 Å². The summed E-state index contributed by atoms with van der Waals surface area (Å²) in [5.41, 5.74) is 1.60. The Balaban J connectivity index is 2.15. The number of sulfonamides is 1. The SMILES string of the molecule is COc1cccc(CNS(=O)(=O)c2ccc(OC)c(C)c2)c1. The van der Waals surface area contributed by atoms with Gasteiger partial charge in [-0.1, -0.05) is 12.1 Å². The molecule has 22 heavy (non-hydrogen) atoms. The standard InChI is InChI=1S/C16H19NO4S/c1-12-9-15(7-8-16(12)21-3)22(18,19)17-11-13-5-4-6-14(10-13)20-2/h4-10,17H,11H2,1-3H3. The maximum atomic E-state index is 12.3. The van der Waals surface area contributed by atoms with Crippen molar-refractivity contribution in [2.24, 2.45) is 0 Å². The van der Waals surface area contributed by atoms with Crippen LogP contribution in [0.2, 0.25) is 0 Å². The molecule has 118 valence electrons. The monoisotopic (exact) mass is 321 g/mol. The summed E-state index contributed by atoms with van der Waals surface area (Å²) in [4.78, 5) is 0.216. The van der Waals surface area contributed by atoms with Crippen molar-refractivity contribution in [1.82, 2.24) is 4.72 Å². The van der Waals surface area contributed by atoms with E-state index in [4.69, 9.17) is 9.47 Å². The third kappa shape index (κ3) is 3.78. The van der Waals surface area contributed by atoms with Crippen molar-refractivity contribution in [3.05, 3.63) is 53.6 Å². The Morgan fingerprint density at radius 2 is 1.82 bits per heavy atom. The Kier molecular flexibility index (Phi) is 5.05. The lowest BCUT2D eigenvalue weighted by Gasteiger charge is -2.10. The molecule has 0 unspecified atom stereocenters. The zero-order valence-electron chi connectivity index (χ0n) is 12.8. The van der Waals surface area contributed by atoms with Crippen LogP contribution in [-0.4, -0.2) is 22.6 Å². The first-order valence-electron chi connectivity index (χ1n) is 6.73. The van der Waals surface area contributed by atoms with Crippen molar-refractivity contribution < 1.29 is 17.9 Å². The number of hydrogen-bond donors (Lipinski definition) is 1. The molecule has 2 rings (SSSR count). The zero-order chi connectivity index (χ0) is 16.2. The molecule has 0 radical (unpaired) electrons. The molecule has 0 bridgehead atoms. The fourth-order valence-electron chi connectivity index (χ4n) is 2.06. The minimum atomic E-state index is -3.57. The first-order chi connectivity index (χ1) is 10.5. The molecule has 0 aliphatic heterocycles. The Bertz CT molecular complexity index is 756. The molecule has 0 heterocycles. The number of hydrogen-bond acceptors (Lipinski definition) is 4. The first kappa shape index (κ1) is 16.3. The molecule has 2 aromatic carbocycles. The second-order valence-corrected chi connectivity index (χ2v) is 6.57. The van der Waals surface area contributed by atoms with Crippen molar-refractivity contribution >= 4 is 10.0 Å². The van der Waals surface area contributed by atoms with Crippen LogP contribution in [0.15, 0.2) is 47.4 Å². The molecule has 0 amide bonds. The van der Waals surface area contributed by atoms with E-state index in [1.165, 1.54) is 6.07 Å². The van der Waals surface area contributed by atoms with Gasteiger partial charge >= 0.3 is 0 Å². The Hall–Kier alpha value is -2.05. The molecule has 0 spiro atoms. The van der Waals surface area contributed by atoms with E-state index < -0.39 is 10.0 Å². The highest BCUT2D eigenvalue weighted by Gasteiger charge is 2.15. The van der Waals surface area contributed by atoms with Crippen LogP contribution < -0.4 is 14.2 Å². The maximum absolute atomic E-state index is 12.3. The van der Waals surface area contributed by atoms with E-state index in [-0.39, 0.29) is 11.4 Å². The minimum Gasteiger partial charge on any atom is -0.497 e. The van der Waals surface area contributed by atoms with Crippen LogP contribution in [-0.2, 0) is 16.6 Å². The van der Waals surface area contributed by atoms with E-state index in [2.05, 4.69) is 4.72 Å². The summed E-state index contributed by atoms with van der Waals surface area (Å²) in [6.07, 6.45) is 0. The number of nitrogens with one attached hydrogen (secondary N) is 1. The topological polar surface area (TPSA) is 64.6 Å². The van der Waals surface area contributed by atoms with E-state index in [1.54, 1.807) is 39.3 Å². The average Bonchev–Trinajstić information content (AvgIpc) is 2.53. The normalized spacial score (nSPS) is 11.2. The van der Waals surface area contributed by atoms with E-state index in [9.17, 15) is 8.42 Å². The summed E-state index contributed by atoms with van der Waals surface area (Å²) in [5, 5.41) is 0. The summed E-state index contributed by atoms with van der Waals surface area (Å²) >= 11 is 0. The van der Waals surface area contributed by atoms with Gasteiger partial charge in [0, 0.05) is 6.54 Å². The number of rotatable bonds is 6. The predicted molar refractivity (Wildman–Crippen MR) is 84.8 cm³/mol. The lowest BCUT2D eigenvalue weighted by Crippen LogP contribution is -2.23. The average molecular weight is 321 g/mol. The van der Waals surface area contributed by atoms with Gasteiger partial charge in [0.2, 0.25) is 10.0 Å². The molecule has 0 saturated carbocycles. The lowest BCUT2D eigenvalue weighted by atomic mass is 10.2. The first-order valence-corrected chi connectivity index (χ1v) is 8.22. The second kappa shape index (κ2) is 6.81. The van der Waals surface area contributed by atoms with Crippen molar-refractivity contribution in [2.45, 2.75) is 18.4 Å². The van der Waals surface area contributed by atoms with Crippen LogP contribution in [0.25, 0.3) is 0 Å². The van der Waals surface area contributed by atoms with E-state index in [1.807, 2.05) is 18.2 Å². The molecule has 1 N–H and O–H groups in total. The Labute approximate surface area is 130 Å². The van der Waals surface area contributed by atoms with Crippen molar-refractivity contribution in [3.63, 3.8) is 0 Å². The summed E-state index contributed by atoms with van der Waals surface area (Å²) < 4.78 is 37.5. The molecule has 0 aromatic heterocycles. The van der Waals surface area contributed by atoms with Crippen LogP contribution >= 0.6 is 0 Å². The molecule has 0 saturated heterocycles. The maximum Gasteiger partial charge on any atom is 0.240 e. The van der Waals surface area contributed by atoms with Gasteiger partial charge < -0.3 is 9.47 Å². The molecule has 0 aliphatic carbocycles. The number of aryl methyl sites for hydroxylation is 1. The molecule has 5 nitrogen and oxygen atoms in total. The lowest BCUT2D eigenvalue weighted by molar-refractivity contribution is 0.411. The van der Waals surface area contributed by atoms with E-state index in [0.29, 0.717) is 11.5 Å². The van der Waals surface area contributed by atoms with Crippen LogP contribution in [0.5, 0.6) is 11.5 Å². The quantitative estimate of drug-likeness (QED) is 0.888. The van der Waals surface area contributed by atoms with Crippen LogP contribution in [0.1, 0.15) is 11.1 Å². The minimum absolute atomic E-state index is 0.199. The highest BCUT2D eigenvalue weighted by Crippen LogP contribution is 2.21. The molecule has 0 atom stereocenters. The van der Waals surface area contributed by atoms with Crippen LogP contribution in [0.3, 0.4) is 0 Å². The molecular formula is C16H19NO4S.